The molecule has 2 atom stereocenters. The molecule has 0 spiro atoms. The van der Waals surface area contributed by atoms with Crippen molar-refractivity contribution in [1.29, 1.82) is 0 Å². The lowest BCUT2D eigenvalue weighted by molar-refractivity contribution is -0.158. The Balaban J connectivity index is 1.71. The minimum Gasteiger partial charge on any atom is -0.493 e. The summed E-state index contributed by atoms with van der Waals surface area (Å²) in [5.74, 6) is 0.885. The molecule has 2 amide bonds. The molecule has 2 aromatic carbocycles. The van der Waals surface area contributed by atoms with Crippen molar-refractivity contribution < 1.29 is 24.2 Å². The van der Waals surface area contributed by atoms with Crippen LogP contribution in [0.3, 0.4) is 0 Å². The number of piperazine rings is 1. The third-order valence-corrected chi connectivity index (χ3v) is 6.66. The summed E-state index contributed by atoms with van der Waals surface area (Å²) in [5, 5.41) is 10.3. The molecule has 8 nitrogen and oxygen atoms in total. The van der Waals surface area contributed by atoms with E-state index in [1.807, 2.05) is 42.5 Å². The van der Waals surface area contributed by atoms with E-state index >= 15 is 0 Å². The van der Waals surface area contributed by atoms with E-state index in [4.69, 9.17) is 9.47 Å². The monoisotopic (exact) mass is 449 g/mol. The molecule has 0 saturated carbocycles. The van der Waals surface area contributed by atoms with E-state index in [0.717, 1.165) is 27.7 Å². The minimum absolute atomic E-state index is 0.00627. The molecule has 0 radical (unpaired) electrons. The van der Waals surface area contributed by atoms with Crippen LogP contribution in [0.2, 0.25) is 0 Å². The van der Waals surface area contributed by atoms with Gasteiger partial charge in [-0.2, -0.15) is 0 Å². The zero-order valence-electron chi connectivity index (χ0n) is 18.7. The van der Waals surface area contributed by atoms with Gasteiger partial charge in [0.15, 0.2) is 11.5 Å². The molecule has 8 heteroatoms. The number of H-pyrrole nitrogens is 1. The molecule has 172 valence electrons. The standard InChI is InChI=1S/C25H27N3O5/c1-32-20-10-5-8-16(24(20)33-2)23-22-17(15-7-3-4-9-18(15)26-22)13-19-25(31)27(11-6-12-29)14-21(30)28(19)23/h3-5,7-10,19,23,26,29H,6,11-14H2,1-2H3/t19-,23-/m0/s1. The first-order valence-corrected chi connectivity index (χ1v) is 11.1. The largest absolute Gasteiger partial charge is 0.493 e. The van der Waals surface area contributed by atoms with Crippen molar-refractivity contribution in [2.45, 2.75) is 24.9 Å². The van der Waals surface area contributed by atoms with Gasteiger partial charge in [0.1, 0.15) is 12.1 Å². The predicted molar refractivity (Wildman–Crippen MR) is 122 cm³/mol. The topological polar surface area (TPSA) is 95.1 Å². The number of benzene rings is 2. The van der Waals surface area contributed by atoms with Gasteiger partial charge < -0.3 is 29.4 Å². The number of ether oxygens (including phenoxy) is 2. The Morgan fingerprint density at radius 1 is 1.09 bits per heavy atom. The molecule has 33 heavy (non-hydrogen) atoms. The number of para-hydroxylation sites is 2. The molecule has 1 fully saturated rings. The fourth-order valence-corrected chi connectivity index (χ4v) is 5.23. The molecule has 2 N–H and O–H groups in total. The summed E-state index contributed by atoms with van der Waals surface area (Å²) in [7, 11) is 3.15. The molecule has 5 rings (SSSR count). The smallest absolute Gasteiger partial charge is 0.246 e. The average molecular weight is 450 g/mol. The second kappa shape index (κ2) is 8.44. The number of hydrogen-bond donors (Lipinski definition) is 2. The summed E-state index contributed by atoms with van der Waals surface area (Å²) in [4.78, 5) is 33.8. The van der Waals surface area contributed by atoms with Crippen LogP contribution in [-0.4, -0.2) is 71.7 Å². The highest BCUT2D eigenvalue weighted by molar-refractivity contribution is 5.97. The number of aromatic nitrogens is 1. The summed E-state index contributed by atoms with van der Waals surface area (Å²) < 4.78 is 11.2. The van der Waals surface area contributed by atoms with Gasteiger partial charge in [0, 0.05) is 41.7 Å². The second-order valence-electron chi connectivity index (χ2n) is 8.41. The van der Waals surface area contributed by atoms with Crippen LogP contribution in [0.15, 0.2) is 42.5 Å². The van der Waals surface area contributed by atoms with Crippen LogP contribution in [0.5, 0.6) is 11.5 Å². The number of aliphatic hydroxyl groups excluding tert-OH is 1. The Morgan fingerprint density at radius 3 is 2.67 bits per heavy atom. The van der Waals surface area contributed by atoms with E-state index in [9.17, 15) is 14.7 Å². The van der Waals surface area contributed by atoms with Crippen molar-refractivity contribution in [2.24, 2.45) is 0 Å². The van der Waals surface area contributed by atoms with Gasteiger partial charge in [-0.3, -0.25) is 9.59 Å². The second-order valence-corrected chi connectivity index (χ2v) is 8.41. The van der Waals surface area contributed by atoms with Gasteiger partial charge in [-0.05, 0) is 24.1 Å². The lowest BCUT2D eigenvalue weighted by Crippen LogP contribution is -2.63. The van der Waals surface area contributed by atoms with E-state index in [0.29, 0.717) is 30.9 Å². The molecule has 3 heterocycles. The van der Waals surface area contributed by atoms with Gasteiger partial charge in [-0.25, -0.2) is 0 Å². The van der Waals surface area contributed by atoms with Crippen molar-refractivity contribution in [3.8, 4) is 11.5 Å². The fraction of sp³-hybridized carbons (Fsp3) is 0.360. The van der Waals surface area contributed by atoms with Gasteiger partial charge in [-0.15, -0.1) is 0 Å². The Morgan fingerprint density at radius 2 is 1.91 bits per heavy atom. The quantitative estimate of drug-likeness (QED) is 0.602. The Bertz CT molecular complexity index is 1220. The first-order chi connectivity index (χ1) is 16.1. The maximum Gasteiger partial charge on any atom is 0.246 e. The maximum atomic E-state index is 13.5. The van der Waals surface area contributed by atoms with Crippen molar-refractivity contribution in [1.82, 2.24) is 14.8 Å². The van der Waals surface area contributed by atoms with Crippen LogP contribution in [0.4, 0.5) is 0 Å². The fourth-order valence-electron chi connectivity index (χ4n) is 5.23. The zero-order valence-corrected chi connectivity index (χ0v) is 18.7. The Labute approximate surface area is 191 Å². The summed E-state index contributed by atoms with van der Waals surface area (Å²) in [6.45, 7) is 0.329. The van der Waals surface area contributed by atoms with Gasteiger partial charge in [0.2, 0.25) is 11.8 Å². The van der Waals surface area contributed by atoms with Gasteiger partial charge >= 0.3 is 0 Å². The summed E-state index contributed by atoms with van der Waals surface area (Å²) >= 11 is 0. The predicted octanol–water partition coefficient (Wildman–Crippen LogP) is 2.25. The molecule has 0 bridgehead atoms. The number of nitrogens with zero attached hydrogens (tertiary/aromatic N) is 2. The van der Waals surface area contributed by atoms with Gasteiger partial charge in [0.25, 0.3) is 0 Å². The van der Waals surface area contributed by atoms with E-state index in [2.05, 4.69) is 4.98 Å². The molecule has 1 aromatic heterocycles. The first-order valence-electron chi connectivity index (χ1n) is 11.1. The number of carbonyl (C=O) groups is 2. The van der Waals surface area contributed by atoms with Crippen LogP contribution in [0.25, 0.3) is 10.9 Å². The third-order valence-electron chi connectivity index (χ3n) is 6.66. The van der Waals surface area contributed by atoms with E-state index < -0.39 is 12.1 Å². The number of nitrogens with one attached hydrogen (secondary N) is 1. The van der Waals surface area contributed by atoms with Crippen LogP contribution < -0.4 is 9.47 Å². The summed E-state index contributed by atoms with van der Waals surface area (Å²) in [6.07, 6.45) is 0.875. The number of hydrogen-bond acceptors (Lipinski definition) is 5. The lowest BCUT2D eigenvalue weighted by Gasteiger charge is -2.47. The van der Waals surface area contributed by atoms with E-state index in [1.165, 1.54) is 0 Å². The number of carbonyl (C=O) groups excluding carboxylic acids is 2. The molecular formula is C25H27N3O5. The molecule has 2 aliphatic heterocycles. The highest BCUT2D eigenvalue weighted by Gasteiger charge is 2.48. The molecular weight excluding hydrogens is 422 g/mol. The van der Waals surface area contributed by atoms with Gasteiger partial charge in [-0.1, -0.05) is 30.3 Å². The van der Waals surface area contributed by atoms with Crippen molar-refractivity contribution in [2.75, 3.05) is 33.9 Å². The molecule has 0 aliphatic carbocycles. The summed E-state index contributed by atoms with van der Waals surface area (Å²) in [5.41, 5.74) is 3.65. The third kappa shape index (κ3) is 3.33. The van der Waals surface area contributed by atoms with E-state index in [-0.39, 0.29) is 25.0 Å². The maximum absolute atomic E-state index is 13.5. The Kier molecular flexibility index (Phi) is 5.46. The molecule has 0 unspecified atom stereocenters. The lowest BCUT2D eigenvalue weighted by atomic mass is 9.85. The number of aromatic amines is 1. The SMILES string of the molecule is COc1cccc([C@H]2c3[nH]c4ccccc4c3C[C@H]3C(=O)N(CCCO)CC(=O)N23)c1OC. The number of fused-ring (bicyclic) bond motifs is 4. The minimum atomic E-state index is -0.627. The number of methoxy groups -OCH3 is 2. The van der Waals surface area contributed by atoms with Crippen LogP contribution in [0.1, 0.15) is 29.3 Å². The molecule has 2 aliphatic rings. The van der Waals surface area contributed by atoms with Crippen LogP contribution in [-0.2, 0) is 16.0 Å². The first kappa shape index (κ1) is 21.3. The van der Waals surface area contributed by atoms with E-state index in [1.54, 1.807) is 24.0 Å². The zero-order chi connectivity index (χ0) is 23.1. The van der Waals surface area contributed by atoms with Crippen molar-refractivity contribution >= 4 is 22.7 Å². The average Bonchev–Trinajstić information content (AvgIpc) is 3.22. The van der Waals surface area contributed by atoms with Crippen molar-refractivity contribution in [3.05, 3.63) is 59.3 Å². The highest BCUT2D eigenvalue weighted by atomic mass is 16.5. The van der Waals surface area contributed by atoms with Crippen LogP contribution in [0, 0.1) is 0 Å². The summed E-state index contributed by atoms with van der Waals surface area (Å²) in [6, 6.07) is 12.4. The molecule has 1 saturated heterocycles. The Hall–Kier alpha value is -3.52. The normalized spacial score (nSPS) is 20.1. The highest BCUT2D eigenvalue weighted by Crippen LogP contribution is 2.46. The molecule has 3 aromatic rings. The number of rotatable bonds is 6. The number of aliphatic hydroxyl groups is 1. The van der Waals surface area contributed by atoms with Crippen molar-refractivity contribution in [3.63, 3.8) is 0 Å². The van der Waals surface area contributed by atoms with Crippen LogP contribution >= 0.6 is 0 Å². The number of amides is 2. The van der Waals surface area contributed by atoms with Gasteiger partial charge in [0.05, 0.1) is 20.8 Å².